The predicted octanol–water partition coefficient (Wildman–Crippen LogP) is 5.61. The molecule has 3 aromatic carbocycles. The summed E-state index contributed by atoms with van der Waals surface area (Å²) in [4.78, 5) is 32.7. The van der Waals surface area contributed by atoms with Crippen LogP contribution in [0, 0.1) is 6.92 Å². The van der Waals surface area contributed by atoms with Crippen LogP contribution in [0.15, 0.2) is 91.1 Å². The van der Waals surface area contributed by atoms with Crippen LogP contribution in [0.5, 0.6) is 0 Å². The third-order valence-electron chi connectivity index (χ3n) is 7.50. The molecule has 6 rings (SSSR count). The fourth-order valence-electron chi connectivity index (χ4n) is 5.10. The van der Waals surface area contributed by atoms with Crippen molar-refractivity contribution in [2.24, 2.45) is 7.05 Å². The molecular formula is C32H28N4O2. The average Bonchev–Trinajstić information content (AvgIpc) is 3.34. The fraction of sp³-hybridized carbons (Fsp3) is 0.188. The lowest BCUT2D eigenvalue weighted by Gasteiger charge is -2.39. The molecule has 0 N–H and O–H groups in total. The van der Waals surface area contributed by atoms with Gasteiger partial charge in [0.1, 0.15) is 5.69 Å². The summed E-state index contributed by atoms with van der Waals surface area (Å²) >= 11 is 0. The summed E-state index contributed by atoms with van der Waals surface area (Å²) in [5.74, 6) is 0.275. The number of carbonyl (C=O) groups excluding carboxylic acids is 2. The highest BCUT2D eigenvalue weighted by Crippen LogP contribution is 2.30. The quantitative estimate of drug-likeness (QED) is 0.284. The van der Waals surface area contributed by atoms with E-state index in [1.165, 1.54) is 5.56 Å². The largest absolute Gasteiger partial charge is 0.337 e. The monoisotopic (exact) mass is 500 g/mol. The number of carbonyl (C=O) groups is 2. The second-order valence-corrected chi connectivity index (χ2v) is 10.00. The molecule has 1 saturated heterocycles. The summed E-state index contributed by atoms with van der Waals surface area (Å²) in [6, 6.07) is 27.6. The van der Waals surface area contributed by atoms with Gasteiger partial charge in [-0.25, -0.2) is 4.98 Å². The number of amides is 1. The summed E-state index contributed by atoms with van der Waals surface area (Å²) in [7, 11) is 1.94. The molecule has 188 valence electrons. The van der Waals surface area contributed by atoms with Crippen molar-refractivity contribution in [3.8, 4) is 11.3 Å². The molecule has 0 aliphatic carbocycles. The highest BCUT2D eigenvalue weighted by molar-refractivity contribution is 5.99. The zero-order chi connectivity index (χ0) is 26.2. The van der Waals surface area contributed by atoms with Gasteiger partial charge in [-0.15, -0.1) is 0 Å². The van der Waals surface area contributed by atoms with Crippen LogP contribution in [0.1, 0.15) is 43.5 Å². The van der Waals surface area contributed by atoms with Gasteiger partial charge in [0.15, 0.2) is 5.78 Å². The van der Waals surface area contributed by atoms with Crippen molar-refractivity contribution < 1.29 is 9.59 Å². The number of Topliss-reactive ketones (excluding diaryl/α,β-unsaturated/α-hetero) is 1. The number of para-hydroxylation sites is 1. The first-order valence-corrected chi connectivity index (χ1v) is 12.8. The van der Waals surface area contributed by atoms with Gasteiger partial charge in [-0.3, -0.25) is 14.3 Å². The van der Waals surface area contributed by atoms with Crippen molar-refractivity contribution in [3.05, 3.63) is 119 Å². The number of likely N-dealkylation sites (tertiary alicyclic amines) is 1. The fourth-order valence-corrected chi connectivity index (χ4v) is 5.10. The molecular weight excluding hydrogens is 472 g/mol. The van der Waals surface area contributed by atoms with Crippen LogP contribution in [0.4, 0.5) is 0 Å². The van der Waals surface area contributed by atoms with Crippen LogP contribution in [0.3, 0.4) is 0 Å². The minimum Gasteiger partial charge on any atom is -0.337 e. The highest BCUT2D eigenvalue weighted by atomic mass is 16.2. The van der Waals surface area contributed by atoms with E-state index in [4.69, 9.17) is 0 Å². The van der Waals surface area contributed by atoms with Gasteiger partial charge < -0.3 is 4.90 Å². The van der Waals surface area contributed by atoms with Gasteiger partial charge in [0, 0.05) is 49.6 Å². The number of ketones is 1. The van der Waals surface area contributed by atoms with Crippen LogP contribution in [-0.4, -0.2) is 44.4 Å². The second-order valence-electron chi connectivity index (χ2n) is 10.00. The minimum absolute atomic E-state index is 0.00489. The third-order valence-corrected chi connectivity index (χ3v) is 7.50. The number of hydrogen-bond donors (Lipinski definition) is 0. The molecule has 38 heavy (non-hydrogen) atoms. The number of aryl methyl sites for hydroxylation is 2. The molecule has 3 heterocycles. The van der Waals surface area contributed by atoms with Crippen molar-refractivity contribution in [2.75, 3.05) is 13.1 Å². The van der Waals surface area contributed by atoms with E-state index in [2.05, 4.69) is 34.3 Å². The Labute approximate surface area is 221 Å². The molecule has 0 atom stereocenters. The first-order valence-electron chi connectivity index (χ1n) is 12.8. The molecule has 2 aromatic heterocycles. The number of fused-ring (bicyclic) bond motifs is 1. The van der Waals surface area contributed by atoms with Crippen molar-refractivity contribution in [2.45, 2.75) is 19.3 Å². The van der Waals surface area contributed by atoms with Crippen LogP contribution >= 0.6 is 0 Å². The molecule has 0 radical (unpaired) electrons. The van der Waals surface area contributed by atoms with E-state index in [0.29, 0.717) is 30.3 Å². The molecule has 5 aromatic rings. The Morgan fingerprint density at radius 1 is 0.921 bits per heavy atom. The maximum atomic E-state index is 13.2. The van der Waals surface area contributed by atoms with Gasteiger partial charge in [0.25, 0.3) is 5.91 Å². The Morgan fingerprint density at radius 2 is 1.71 bits per heavy atom. The van der Waals surface area contributed by atoms with Gasteiger partial charge in [-0.1, -0.05) is 54.6 Å². The van der Waals surface area contributed by atoms with Crippen molar-refractivity contribution >= 4 is 22.6 Å². The Morgan fingerprint density at radius 3 is 2.47 bits per heavy atom. The molecule has 6 nitrogen and oxygen atoms in total. The Bertz CT molecular complexity index is 1660. The topological polar surface area (TPSA) is 68.1 Å². The number of pyridine rings is 1. The van der Waals surface area contributed by atoms with Gasteiger partial charge in [-0.2, -0.15) is 5.10 Å². The van der Waals surface area contributed by atoms with Crippen LogP contribution < -0.4 is 0 Å². The molecule has 6 heteroatoms. The summed E-state index contributed by atoms with van der Waals surface area (Å²) in [6.45, 7) is 3.35. The van der Waals surface area contributed by atoms with Gasteiger partial charge in [0.2, 0.25) is 0 Å². The lowest BCUT2D eigenvalue weighted by atomic mass is 9.89. The molecule has 1 fully saturated rings. The van der Waals surface area contributed by atoms with Gasteiger partial charge in [-0.05, 0) is 59.5 Å². The Balaban J connectivity index is 1.12. The smallest absolute Gasteiger partial charge is 0.253 e. The molecule has 0 unspecified atom stereocenters. The van der Waals surface area contributed by atoms with E-state index in [1.807, 2.05) is 78.2 Å². The van der Waals surface area contributed by atoms with Gasteiger partial charge >= 0.3 is 0 Å². The SMILES string of the molecule is Cc1ccc(C(=O)N2CC(c3ccc(-c4ccnn4C)cc3)C2)cc1CC(=O)c1ccc2ccccc2n1. The van der Waals surface area contributed by atoms with Crippen LogP contribution in [0.25, 0.3) is 22.2 Å². The van der Waals surface area contributed by atoms with Gasteiger partial charge in [0.05, 0.1) is 11.2 Å². The zero-order valence-electron chi connectivity index (χ0n) is 21.5. The maximum Gasteiger partial charge on any atom is 0.253 e. The highest BCUT2D eigenvalue weighted by Gasteiger charge is 2.32. The average molecular weight is 501 g/mol. The maximum absolute atomic E-state index is 13.2. The van der Waals surface area contributed by atoms with E-state index in [0.717, 1.165) is 33.3 Å². The summed E-state index contributed by atoms with van der Waals surface area (Å²) in [6.07, 6.45) is 2.01. The number of nitrogens with zero attached hydrogens (tertiary/aromatic N) is 4. The van der Waals surface area contributed by atoms with Crippen molar-refractivity contribution in [1.29, 1.82) is 0 Å². The number of rotatable bonds is 6. The summed E-state index contributed by atoms with van der Waals surface area (Å²) < 4.78 is 1.86. The molecule has 0 spiro atoms. The Kier molecular flexibility index (Phi) is 6.08. The molecule has 0 bridgehead atoms. The molecule has 1 aliphatic heterocycles. The first kappa shape index (κ1) is 23.8. The summed E-state index contributed by atoms with van der Waals surface area (Å²) in [5.41, 5.74) is 7.16. The minimum atomic E-state index is -0.0537. The first-order chi connectivity index (χ1) is 18.5. The Hall–Kier alpha value is -4.58. The molecule has 0 saturated carbocycles. The number of aromatic nitrogens is 3. The molecule has 1 amide bonds. The van der Waals surface area contributed by atoms with E-state index in [1.54, 1.807) is 12.3 Å². The van der Waals surface area contributed by atoms with E-state index in [-0.39, 0.29) is 18.1 Å². The summed E-state index contributed by atoms with van der Waals surface area (Å²) in [5, 5.41) is 5.24. The second kappa shape index (κ2) is 9.71. The lowest BCUT2D eigenvalue weighted by Crippen LogP contribution is -2.48. The van der Waals surface area contributed by atoms with E-state index < -0.39 is 0 Å². The van der Waals surface area contributed by atoms with Crippen molar-refractivity contribution in [1.82, 2.24) is 19.7 Å². The van der Waals surface area contributed by atoms with Crippen LogP contribution in [0.2, 0.25) is 0 Å². The van der Waals surface area contributed by atoms with E-state index >= 15 is 0 Å². The van der Waals surface area contributed by atoms with E-state index in [9.17, 15) is 9.59 Å². The standard InChI is InChI=1S/C32H28N4O2/c1-21-7-8-25(17-26(21)18-31(37)29-14-13-23-5-3-4-6-28(23)34-29)32(38)36-19-27(20-36)22-9-11-24(12-10-22)30-15-16-33-35(30)2/h3-17,27H,18-20H2,1-2H3. The zero-order valence-corrected chi connectivity index (χ0v) is 21.5. The molecule has 1 aliphatic rings. The lowest BCUT2D eigenvalue weighted by molar-refractivity contribution is 0.0602. The van der Waals surface area contributed by atoms with Crippen LogP contribution in [-0.2, 0) is 13.5 Å². The normalized spacial score (nSPS) is 13.5. The third kappa shape index (κ3) is 4.50. The number of benzene rings is 3. The van der Waals surface area contributed by atoms with Crippen molar-refractivity contribution in [3.63, 3.8) is 0 Å². The number of hydrogen-bond acceptors (Lipinski definition) is 4. The predicted molar refractivity (Wildman–Crippen MR) is 148 cm³/mol.